The van der Waals surface area contributed by atoms with Gasteiger partial charge in [0.1, 0.15) is 0 Å². The molecule has 0 aliphatic rings. The molecule has 0 saturated heterocycles. The van der Waals surface area contributed by atoms with E-state index in [0.717, 1.165) is 5.56 Å². The summed E-state index contributed by atoms with van der Waals surface area (Å²) >= 11 is 16.2. The zero-order valence-corrected chi connectivity index (χ0v) is 10.9. The predicted octanol–water partition coefficient (Wildman–Crippen LogP) is 2.50. The Labute approximate surface area is 114 Å². The van der Waals surface area contributed by atoms with Gasteiger partial charge in [-0.25, -0.2) is 0 Å². The van der Waals surface area contributed by atoms with Gasteiger partial charge < -0.3 is 10.4 Å². The molecular weight excluding hydrogens is 284 g/mol. The molecule has 1 aromatic carbocycles. The fourth-order valence-corrected chi connectivity index (χ4v) is 1.16. The first-order valence-corrected chi connectivity index (χ1v) is 5.81. The fraction of sp³-hybridized carbons (Fsp3) is 0.182. The number of hydrogen-bond acceptors (Lipinski definition) is 2. The molecular formula is C11H10Cl3NO2. The van der Waals surface area contributed by atoms with Crippen LogP contribution in [0.15, 0.2) is 36.4 Å². The van der Waals surface area contributed by atoms with Crippen LogP contribution >= 0.6 is 34.8 Å². The molecule has 1 unspecified atom stereocenters. The van der Waals surface area contributed by atoms with Crippen LogP contribution in [-0.4, -0.2) is 21.0 Å². The molecule has 0 spiro atoms. The Bertz CT molecular complexity index is 401. The van der Waals surface area contributed by atoms with E-state index < -0.39 is 15.9 Å². The molecule has 0 saturated carbocycles. The normalized spacial score (nSPS) is 13.6. The maximum atomic E-state index is 11.3. The SMILES string of the molecule is O=C(/C=C\c1ccccc1)NC(O)C(Cl)(Cl)Cl. The first-order chi connectivity index (χ1) is 7.89. The summed E-state index contributed by atoms with van der Waals surface area (Å²) in [4.78, 5) is 11.3. The number of carbonyl (C=O) groups is 1. The predicted molar refractivity (Wildman–Crippen MR) is 69.9 cm³/mol. The molecule has 1 aromatic rings. The molecule has 1 amide bonds. The summed E-state index contributed by atoms with van der Waals surface area (Å²) < 4.78 is -1.95. The van der Waals surface area contributed by atoms with Crippen LogP contribution in [0.3, 0.4) is 0 Å². The van der Waals surface area contributed by atoms with Crippen LogP contribution < -0.4 is 5.32 Å². The minimum atomic E-state index is -1.95. The first kappa shape index (κ1) is 14.3. The van der Waals surface area contributed by atoms with E-state index in [1.807, 2.05) is 30.3 Å². The number of benzene rings is 1. The number of rotatable bonds is 3. The highest BCUT2D eigenvalue weighted by molar-refractivity contribution is 6.68. The van der Waals surface area contributed by atoms with Gasteiger partial charge in [-0.15, -0.1) is 0 Å². The quantitative estimate of drug-likeness (QED) is 0.511. The van der Waals surface area contributed by atoms with Crippen molar-refractivity contribution >= 4 is 46.8 Å². The number of aliphatic hydroxyl groups excluding tert-OH is 1. The largest absolute Gasteiger partial charge is 0.369 e. The van der Waals surface area contributed by atoms with Crippen molar-refractivity contribution in [2.75, 3.05) is 0 Å². The summed E-state index contributed by atoms with van der Waals surface area (Å²) in [6.45, 7) is 0. The molecule has 92 valence electrons. The average Bonchev–Trinajstić information content (AvgIpc) is 2.26. The monoisotopic (exact) mass is 293 g/mol. The lowest BCUT2D eigenvalue weighted by Crippen LogP contribution is -2.42. The smallest absolute Gasteiger partial charge is 0.246 e. The number of amides is 1. The Hall–Kier alpha value is -0.740. The van der Waals surface area contributed by atoms with Gasteiger partial charge in [0, 0.05) is 6.08 Å². The second kappa shape index (κ2) is 6.26. The Balaban J connectivity index is 2.54. The summed E-state index contributed by atoms with van der Waals surface area (Å²) in [6, 6.07) is 9.20. The van der Waals surface area contributed by atoms with Crippen LogP contribution in [0.2, 0.25) is 0 Å². The molecule has 6 heteroatoms. The van der Waals surface area contributed by atoms with Crippen LogP contribution in [0.25, 0.3) is 6.08 Å². The molecule has 17 heavy (non-hydrogen) atoms. The number of aliphatic hydroxyl groups is 1. The highest BCUT2D eigenvalue weighted by Gasteiger charge is 2.31. The Kier molecular flexibility index (Phi) is 5.28. The van der Waals surface area contributed by atoms with Gasteiger partial charge in [-0.3, -0.25) is 4.79 Å². The van der Waals surface area contributed by atoms with Crippen molar-refractivity contribution in [2.24, 2.45) is 0 Å². The summed E-state index contributed by atoms with van der Waals surface area (Å²) in [5.74, 6) is -0.548. The molecule has 0 aliphatic heterocycles. The van der Waals surface area contributed by atoms with Crippen molar-refractivity contribution < 1.29 is 9.90 Å². The Morgan fingerprint density at radius 2 is 1.88 bits per heavy atom. The minimum absolute atomic E-state index is 0.548. The van der Waals surface area contributed by atoms with Crippen molar-refractivity contribution in [3.05, 3.63) is 42.0 Å². The maximum absolute atomic E-state index is 11.3. The highest BCUT2D eigenvalue weighted by Crippen LogP contribution is 2.28. The lowest BCUT2D eigenvalue weighted by molar-refractivity contribution is -0.119. The lowest BCUT2D eigenvalue weighted by Gasteiger charge is -2.18. The van der Waals surface area contributed by atoms with Crippen LogP contribution in [0, 0.1) is 0 Å². The summed E-state index contributed by atoms with van der Waals surface area (Å²) in [5, 5.41) is 11.4. The van der Waals surface area contributed by atoms with Crippen molar-refractivity contribution in [1.82, 2.24) is 5.32 Å². The van der Waals surface area contributed by atoms with E-state index in [-0.39, 0.29) is 0 Å². The molecule has 2 N–H and O–H groups in total. The van der Waals surface area contributed by atoms with E-state index in [2.05, 4.69) is 5.32 Å². The third-order valence-electron chi connectivity index (χ3n) is 1.82. The number of halogens is 3. The zero-order chi connectivity index (χ0) is 12.9. The number of nitrogens with one attached hydrogen (secondary N) is 1. The third-order valence-corrected chi connectivity index (χ3v) is 2.44. The highest BCUT2D eigenvalue weighted by atomic mass is 35.6. The molecule has 0 bridgehead atoms. The number of hydrogen-bond donors (Lipinski definition) is 2. The van der Waals surface area contributed by atoms with E-state index in [9.17, 15) is 9.90 Å². The van der Waals surface area contributed by atoms with Crippen LogP contribution in [-0.2, 0) is 4.79 Å². The van der Waals surface area contributed by atoms with Gasteiger partial charge in [-0.2, -0.15) is 0 Å². The molecule has 1 atom stereocenters. The molecule has 0 radical (unpaired) electrons. The molecule has 3 nitrogen and oxygen atoms in total. The van der Waals surface area contributed by atoms with E-state index in [0.29, 0.717) is 0 Å². The van der Waals surface area contributed by atoms with Crippen molar-refractivity contribution in [3.63, 3.8) is 0 Å². The minimum Gasteiger partial charge on any atom is -0.369 e. The van der Waals surface area contributed by atoms with Gasteiger partial charge >= 0.3 is 0 Å². The maximum Gasteiger partial charge on any atom is 0.246 e. The Morgan fingerprint density at radius 1 is 1.29 bits per heavy atom. The molecule has 0 fully saturated rings. The van der Waals surface area contributed by atoms with Crippen LogP contribution in [0.4, 0.5) is 0 Å². The van der Waals surface area contributed by atoms with Gasteiger partial charge in [0.2, 0.25) is 9.70 Å². The fourth-order valence-electron chi connectivity index (χ4n) is 1.00. The molecule has 0 aromatic heterocycles. The molecule has 0 aliphatic carbocycles. The average molecular weight is 295 g/mol. The molecule has 0 heterocycles. The Morgan fingerprint density at radius 3 is 2.41 bits per heavy atom. The van der Waals surface area contributed by atoms with Crippen LogP contribution in [0.1, 0.15) is 5.56 Å². The van der Waals surface area contributed by atoms with E-state index >= 15 is 0 Å². The van der Waals surface area contributed by atoms with Crippen molar-refractivity contribution in [2.45, 2.75) is 10.0 Å². The van der Waals surface area contributed by atoms with Crippen molar-refractivity contribution in [1.29, 1.82) is 0 Å². The van der Waals surface area contributed by atoms with Gasteiger partial charge in [0.15, 0.2) is 6.23 Å². The number of alkyl halides is 3. The van der Waals surface area contributed by atoms with Gasteiger partial charge in [-0.1, -0.05) is 65.1 Å². The standard InChI is InChI=1S/C11H10Cl3NO2/c12-11(13,14)10(17)15-9(16)7-6-8-4-2-1-3-5-8/h1-7,10,17H,(H,15,16)/b7-6-. The first-order valence-electron chi connectivity index (χ1n) is 4.68. The van der Waals surface area contributed by atoms with Gasteiger partial charge in [0.05, 0.1) is 0 Å². The third kappa shape index (κ3) is 5.41. The van der Waals surface area contributed by atoms with Gasteiger partial charge in [-0.05, 0) is 11.6 Å². The van der Waals surface area contributed by atoms with E-state index in [4.69, 9.17) is 34.8 Å². The topological polar surface area (TPSA) is 49.3 Å². The van der Waals surface area contributed by atoms with Crippen molar-refractivity contribution in [3.8, 4) is 0 Å². The second-order valence-electron chi connectivity index (χ2n) is 3.20. The second-order valence-corrected chi connectivity index (χ2v) is 5.57. The van der Waals surface area contributed by atoms with Gasteiger partial charge in [0.25, 0.3) is 0 Å². The summed E-state index contributed by atoms with van der Waals surface area (Å²) in [7, 11) is 0. The summed E-state index contributed by atoms with van der Waals surface area (Å²) in [5.41, 5.74) is 0.853. The lowest BCUT2D eigenvalue weighted by atomic mass is 10.2. The summed E-state index contributed by atoms with van der Waals surface area (Å²) in [6.07, 6.45) is 1.27. The molecule has 1 rings (SSSR count). The number of carbonyl (C=O) groups excluding carboxylic acids is 1. The van der Waals surface area contributed by atoms with E-state index in [1.54, 1.807) is 6.08 Å². The zero-order valence-electron chi connectivity index (χ0n) is 8.61. The van der Waals surface area contributed by atoms with E-state index in [1.165, 1.54) is 6.08 Å². The van der Waals surface area contributed by atoms with Crippen LogP contribution in [0.5, 0.6) is 0 Å².